The second-order valence-electron chi connectivity index (χ2n) is 9.08. The molecule has 5 aromatic rings. The third-order valence-electron chi connectivity index (χ3n) is 6.01. The molecule has 0 N–H and O–H groups in total. The van der Waals surface area contributed by atoms with Crippen molar-refractivity contribution >= 4 is 19.4 Å². The number of pyridine rings is 2. The van der Waals surface area contributed by atoms with Gasteiger partial charge in [0.05, 0.1) is 0 Å². The molecule has 8 heteroatoms. The van der Waals surface area contributed by atoms with Gasteiger partial charge in [-0.15, -0.1) is 0 Å². The van der Waals surface area contributed by atoms with Crippen molar-refractivity contribution in [1.82, 2.24) is 0 Å². The van der Waals surface area contributed by atoms with Crippen molar-refractivity contribution in [3.8, 4) is 28.1 Å². The predicted molar refractivity (Wildman–Crippen MR) is 150 cm³/mol. The molecule has 0 spiro atoms. The minimum Gasteiger partial charge on any atom is -1.00 e. The first-order valence-electron chi connectivity index (χ1n) is 12.5. The van der Waals surface area contributed by atoms with E-state index in [1.807, 2.05) is 11.6 Å². The summed E-state index contributed by atoms with van der Waals surface area (Å²) in [6, 6.07) is 38.8. The van der Waals surface area contributed by atoms with Gasteiger partial charge in [0.1, 0.15) is 7.05 Å². The summed E-state index contributed by atoms with van der Waals surface area (Å²) in [6.07, 6.45) is 8.55. The van der Waals surface area contributed by atoms with Crippen molar-refractivity contribution in [1.29, 1.82) is 0 Å². The fraction of sp³-hybridized carbons (Fsp3) is 0.0625. The van der Waals surface area contributed by atoms with Crippen LogP contribution in [0.15, 0.2) is 122 Å². The lowest BCUT2D eigenvalue weighted by Gasteiger charge is -2.11. The molecule has 0 fully saturated rings. The Labute approximate surface area is 249 Å². The van der Waals surface area contributed by atoms with E-state index in [2.05, 4.69) is 145 Å². The average molecular weight is 654 g/mol. The molecular formula is C32H28BF4IN2. The third-order valence-corrected chi connectivity index (χ3v) is 6.01. The summed E-state index contributed by atoms with van der Waals surface area (Å²) in [7, 11) is -3.96. The van der Waals surface area contributed by atoms with Crippen LogP contribution in [-0.2, 0) is 7.05 Å². The SMILES string of the molecule is Cc1ccc(-[n+]2c(/C=C/c3cc[n+](C)cc3)cc(-c3ccccc3)cc2-c2ccccc2)cc1.F[B-](F)(F)F.[I-]. The standard InChI is InChI=1S/C32H28N2.BF4.HI/c1-25-13-16-30(17-14-25)34-31(18-15-26-19-21-33(2)22-20-26)23-29(27-9-5-3-6-10-27)24-32(34)28-11-7-4-8-12-28;2-1(3,4)5;/h3-24H,1-2H3;;1H/q+2;-1;/p-1/b18-15+;;. The first kappa shape index (κ1) is 30.8. The molecule has 5 rings (SSSR count). The van der Waals surface area contributed by atoms with Crippen molar-refractivity contribution < 1.29 is 50.4 Å². The van der Waals surface area contributed by atoms with E-state index in [1.54, 1.807) is 0 Å². The van der Waals surface area contributed by atoms with Crippen molar-refractivity contribution in [3.05, 3.63) is 138 Å². The quantitative estimate of drug-likeness (QED) is 0.110. The van der Waals surface area contributed by atoms with Crippen LogP contribution in [0.4, 0.5) is 17.3 Å². The Morgan fingerprint density at radius 1 is 0.625 bits per heavy atom. The van der Waals surface area contributed by atoms with Gasteiger partial charge in [-0.1, -0.05) is 66.2 Å². The number of hydrogen-bond donors (Lipinski definition) is 0. The van der Waals surface area contributed by atoms with Gasteiger partial charge in [-0.05, 0) is 41.8 Å². The molecule has 0 saturated heterocycles. The summed E-state index contributed by atoms with van der Waals surface area (Å²) >= 11 is 0. The zero-order valence-electron chi connectivity index (χ0n) is 22.1. The lowest BCUT2D eigenvalue weighted by molar-refractivity contribution is -0.671. The van der Waals surface area contributed by atoms with Crippen LogP contribution < -0.4 is 33.1 Å². The van der Waals surface area contributed by atoms with Crippen LogP contribution in [0.25, 0.3) is 40.2 Å². The summed E-state index contributed by atoms with van der Waals surface area (Å²) in [5.41, 5.74) is 9.42. The topological polar surface area (TPSA) is 7.76 Å². The van der Waals surface area contributed by atoms with Gasteiger partial charge < -0.3 is 41.2 Å². The Hall–Kier alpha value is -3.79. The average Bonchev–Trinajstić information content (AvgIpc) is 2.93. The van der Waals surface area contributed by atoms with Crippen molar-refractivity contribution in [3.63, 3.8) is 0 Å². The van der Waals surface area contributed by atoms with Crippen LogP contribution in [0, 0.1) is 6.92 Å². The first-order chi connectivity index (χ1) is 18.7. The molecule has 0 aliphatic heterocycles. The lowest BCUT2D eigenvalue weighted by Crippen LogP contribution is -3.00. The number of nitrogens with zero attached hydrogens (tertiary/aromatic N) is 2. The van der Waals surface area contributed by atoms with Crippen LogP contribution >= 0.6 is 0 Å². The van der Waals surface area contributed by atoms with E-state index >= 15 is 0 Å². The van der Waals surface area contributed by atoms with Crippen LogP contribution in [0.3, 0.4) is 0 Å². The van der Waals surface area contributed by atoms with E-state index in [0.29, 0.717) is 0 Å². The monoisotopic (exact) mass is 654 g/mol. The number of aryl methyl sites for hydroxylation is 2. The van der Waals surface area contributed by atoms with Crippen molar-refractivity contribution in [2.24, 2.45) is 7.05 Å². The second kappa shape index (κ2) is 14.0. The molecular weight excluding hydrogens is 626 g/mol. The largest absolute Gasteiger partial charge is 1.00 e. The third kappa shape index (κ3) is 8.88. The normalized spacial score (nSPS) is 10.9. The Bertz CT molecular complexity index is 1530. The van der Waals surface area contributed by atoms with E-state index in [-0.39, 0.29) is 24.0 Å². The summed E-state index contributed by atoms with van der Waals surface area (Å²) in [5, 5.41) is 0. The van der Waals surface area contributed by atoms with Gasteiger partial charge in [0, 0.05) is 48.0 Å². The summed E-state index contributed by atoms with van der Waals surface area (Å²) in [6.45, 7) is 2.13. The van der Waals surface area contributed by atoms with Crippen LogP contribution in [0.5, 0.6) is 0 Å². The molecule has 0 atom stereocenters. The molecule has 0 bridgehead atoms. The van der Waals surface area contributed by atoms with E-state index in [4.69, 9.17) is 0 Å². The van der Waals surface area contributed by atoms with Gasteiger partial charge in [-0.25, -0.2) is 4.57 Å². The molecule has 2 aromatic heterocycles. The van der Waals surface area contributed by atoms with Gasteiger partial charge in [-0.3, -0.25) is 0 Å². The fourth-order valence-corrected chi connectivity index (χ4v) is 4.14. The predicted octanol–water partition coefficient (Wildman–Crippen LogP) is 4.90. The number of aromatic nitrogens is 2. The van der Waals surface area contributed by atoms with E-state index < -0.39 is 7.25 Å². The van der Waals surface area contributed by atoms with Crippen LogP contribution in [0.2, 0.25) is 0 Å². The zero-order valence-corrected chi connectivity index (χ0v) is 24.2. The van der Waals surface area contributed by atoms with Crippen molar-refractivity contribution in [2.45, 2.75) is 6.92 Å². The highest BCUT2D eigenvalue weighted by molar-refractivity contribution is 6.50. The molecule has 204 valence electrons. The van der Waals surface area contributed by atoms with Gasteiger partial charge in [0.25, 0.3) is 0 Å². The van der Waals surface area contributed by atoms with Gasteiger partial charge in [-0.2, -0.15) is 4.57 Å². The molecule has 0 saturated carbocycles. The zero-order chi connectivity index (χ0) is 27.8. The molecule has 3 aromatic carbocycles. The molecule has 0 radical (unpaired) electrons. The van der Waals surface area contributed by atoms with Gasteiger partial charge in [0.2, 0.25) is 17.1 Å². The van der Waals surface area contributed by atoms with E-state index in [9.17, 15) is 17.3 Å². The smallest absolute Gasteiger partial charge is 0.673 e. The Morgan fingerprint density at radius 3 is 1.70 bits per heavy atom. The van der Waals surface area contributed by atoms with E-state index in [1.165, 1.54) is 27.8 Å². The summed E-state index contributed by atoms with van der Waals surface area (Å²) in [5.74, 6) is 0. The number of rotatable bonds is 5. The first-order valence-corrected chi connectivity index (χ1v) is 12.5. The van der Waals surface area contributed by atoms with Crippen LogP contribution in [0.1, 0.15) is 16.8 Å². The lowest BCUT2D eigenvalue weighted by atomic mass is 10.0. The number of benzene rings is 3. The van der Waals surface area contributed by atoms with Gasteiger partial charge >= 0.3 is 7.25 Å². The number of hydrogen-bond acceptors (Lipinski definition) is 0. The number of halogens is 5. The highest BCUT2D eigenvalue weighted by Gasteiger charge is 2.22. The Morgan fingerprint density at radius 2 is 1.15 bits per heavy atom. The maximum Gasteiger partial charge on any atom is 0.673 e. The van der Waals surface area contributed by atoms with Crippen molar-refractivity contribution in [2.75, 3.05) is 0 Å². The summed E-state index contributed by atoms with van der Waals surface area (Å²) in [4.78, 5) is 0. The maximum atomic E-state index is 9.75. The Kier molecular flexibility index (Phi) is 10.8. The summed E-state index contributed by atoms with van der Waals surface area (Å²) < 4.78 is 43.4. The van der Waals surface area contributed by atoms with Crippen LogP contribution in [-0.4, -0.2) is 7.25 Å². The maximum absolute atomic E-state index is 9.75. The van der Waals surface area contributed by atoms with Gasteiger partial charge in [0.15, 0.2) is 12.4 Å². The minimum absolute atomic E-state index is 0. The molecule has 0 unspecified atom stereocenters. The minimum atomic E-state index is -6.00. The molecule has 0 amide bonds. The highest BCUT2D eigenvalue weighted by atomic mass is 127. The second-order valence-corrected chi connectivity index (χ2v) is 9.08. The molecule has 40 heavy (non-hydrogen) atoms. The molecule has 0 aliphatic rings. The molecule has 2 heterocycles. The van der Waals surface area contributed by atoms with E-state index in [0.717, 1.165) is 17.1 Å². The fourth-order valence-electron chi connectivity index (χ4n) is 4.14. The highest BCUT2D eigenvalue weighted by Crippen LogP contribution is 2.27. The molecule has 0 aliphatic carbocycles. The Balaban J connectivity index is 0.000000677. The molecule has 2 nitrogen and oxygen atoms in total.